The number of para-hydroxylation sites is 1. The number of ether oxygens (including phenoxy) is 2. The Morgan fingerprint density at radius 3 is 2.79 bits per heavy atom. The minimum absolute atomic E-state index is 0.0481. The van der Waals surface area contributed by atoms with Gasteiger partial charge in [-0.15, -0.1) is 11.3 Å². The predicted molar refractivity (Wildman–Crippen MR) is 94.2 cm³/mol. The van der Waals surface area contributed by atoms with Crippen molar-refractivity contribution in [2.24, 2.45) is 5.41 Å². The molecule has 6 heteroatoms. The second-order valence-corrected chi connectivity index (χ2v) is 7.15. The van der Waals surface area contributed by atoms with Crippen LogP contribution in [0.3, 0.4) is 0 Å². The zero-order valence-corrected chi connectivity index (χ0v) is 14.6. The van der Waals surface area contributed by atoms with Crippen molar-refractivity contribution >= 4 is 11.3 Å². The first-order valence-electron chi connectivity index (χ1n) is 8.30. The lowest BCUT2D eigenvalue weighted by atomic mass is 9.81. The zero-order valence-electron chi connectivity index (χ0n) is 13.7. The normalized spacial score (nSPS) is 16.9. The van der Waals surface area contributed by atoms with Crippen molar-refractivity contribution in [3.63, 3.8) is 0 Å². The molecular weight excluding hydrogens is 324 g/mol. The van der Waals surface area contributed by atoms with Gasteiger partial charge in [-0.25, -0.2) is 4.98 Å². The molecule has 2 heterocycles. The van der Waals surface area contributed by atoms with Crippen LogP contribution in [0.25, 0.3) is 0 Å². The lowest BCUT2D eigenvalue weighted by Crippen LogP contribution is -2.41. The molecule has 1 aromatic heterocycles. The molecule has 1 saturated heterocycles. The second-order valence-electron chi connectivity index (χ2n) is 6.21. The van der Waals surface area contributed by atoms with Crippen LogP contribution in [0.2, 0.25) is 0 Å². The number of thiazole rings is 1. The maximum atomic E-state index is 9.70. The fourth-order valence-electron chi connectivity index (χ4n) is 2.81. The van der Waals surface area contributed by atoms with Crippen LogP contribution in [0, 0.1) is 5.41 Å². The molecule has 3 rings (SSSR count). The van der Waals surface area contributed by atoms with Crippen LogP contribution >= 0.6 is 11.3 Å². The number of hydrogen-bond donors (Lipinski definition) is 2. The molecule has 0 amide bonds. The highest BCUT2D eigenvalue weighted by Gasteiger charge is 2.31. The van der Waals surface area contributed by atoms with E-state index in [-0.39, 0.29) is 12.0 Å². The molecule has 0 spiro atoms. The van der Waals surface area contributed by atoms with Crippen molar-refractivity contribution in [3.05, 3.63) is 46.4 Å². The van der Waals surface area contributed by atoms with Gasteiger partial charge in [-0.1, -0.05) is 18.2 Å². The summed E-state index contributed by atoms with van der Waals surface area (Å²) in [4.78, 5) is 4.60. The smallest absolute Gasteiger partial charge is 0.140 e. The summed E-state index contributed by atoms with van der Waals surface area (Å²) in [7, 11) is 0. The van der Waals surface area contributed by atoms with Crippen LogP contribution in [-0.4, -0.2) is 36.5 Å². The van der Waals surface area contributed by atoms with Gasteiger partial charge in [-0.3, -0.25) is 0 Å². The minimum Gasteiger partial charge on any atom is -0.486 e. The van der Waals surface area contributed by atoms with Crippen LogP contribution < -0.4 is 10.1 Å². The van der Waals surface area contributed by atoms with Crippen molar-refractivity contribution in [1.82, 2.24) is 10.3 Å². The molecule has 0 radical (unpaired) electrons. The highest BCUT2D eigenvalue weighted by molar-refractivity contribution is 7.09. The first kappa shape index (κ1) is 17.4. The van der Waals surface area contributed by atoms with Crippen LogP contribution in [0.1, 0.15) is 23.5 Å². The maximum absolute atomic E-state index is 9.70. The Labute approximate surface area is 146 Å². The molecule has 5 nitrogen and oxygen atoms in total. The van der Waals surface area contributed by atoms with Crippen molar-refractivity contribution in [3.8, 4) is 5.75 Å². The van der Waals surface area contributed by atoms with E-state index in [0.717, 1.165) is 49.1 Å². The molecular formula is C18H24N2O3S. The summed E-state index contributed by atoms with van der Waals surface area (Å²) in [5, 5.41) is 16.2. The van der Waals surface area contributed by atoms with E-state index in [4.69, 9.17) is 9.47 Å². The lowest BCUT2D eigenvalue weighted by Gasteiger charge is -2.35. The van der Waals surface area contributed by atoms with E-state index >= 15 is 0 Å². The van der Waals surface area contributed by atoms with Gasteiger partial charge in [0.15, 0.2) is 0 Å². The third-order valence-corrected chi connectivity index (χ3v) is 5.27. The third kappa shape index (κ3) is 4.77. The Kier molecular flexibility index (Phi) is 6.20. The zero-order chi connectivity index (χ0) is 16.7. The van der Waals surface area contributed by atoms with Gasteiger partial charge in [-0.05, 0) is 25.0 Å². The summed E-state index contributed by atoms with van der Waals surface area (Å²) in [5.74, 6) is 0.858. The molecule has 1 aliphatic rings. The van der Waals surface area contributed by atoms with Crippen LogP contribution in [0.4, 0.5) is 0 Å². The first-order valence-corrected chi connectivity index (χ1v) is 9.18. The predicted octanol–water partition coefficient (Wildman–Crippen LogP) is 2.60. The molecule has 2 N–H and O–H groups in total. The Morgan fingerprint density at radius 2 is 2.04 bits per heavy atom. The van der Waals surface area contributed by atoms with Gasteiger partial charge in [0.1, 0.15) is 17.4 Å². The van der Waals surface area contributed by atoms with Crippen molar-refractivity contribution in [1.29, 1.82) is 0 Å². The largest absolute Gasteiger partial charge is 0.486 e. The summed E-state index contributed by atoms with van der Waals surface area (Å²) in [5.41, 5.74) is 0.972. The van der Waals surface area contributed by atoms with Gasteiger partial charge >= 0.3 is 0 Å². The minimum atomic E-state index is -0.0481. The molecule has 130 valence electrons. The third-order valence-electron chi connectivity index (χ3n) is 4.40. The molecule has 0 unspecified atom stereocenters. The summed E-state index contributed by atoms with van der Waals surface area (Å²) in [6.07, 6.45) is 1.81. The molecule has 1 fully saturated rings. The summed E-state index contributed by atoms with van der Waals surface area (Å²) in [6, 6.07) is 9.77. The monoisotopic (exact) mass is 348 g/mol. The second kappa shape index (κ2) is 8.58. The number of aromatic nitrogens is 1. The Hall–Kier alpha value is -1.47. The van der Waals surface area contributed by atoms with E-state index in [9.17, 15) is 5.11 Å². The average molecular weight is 348 g/mol. The fourth-order valence-corrected chi connectivity index (χ4v) is 3.51. The average Bonchev–Trinajstić information content (AvgIpc) is 3.09. The summed E-state index contributed by atoms with van der Waals surface area (Å²) >= 11 is 1.61. The van der Waals surface area contributed by atoms with Crippen LogP contribution in [0.5, 0.6) is 5.75 Å². The van der Waals surface area contributed by atoms with Gasteiger partial charge in [0, 0.05) is 37.1 Å². The number of hydrogen-bond acceptors (Lipinski definition) is 6. The maximum Gasteiger partial charge on any atom is 0.140 e. The molecule has 24 heavy (non-hydrogen) atoms. The topological polar surface area (TPSA) is 63.6 Å². The Morgan fingerprint density at radius 1 is 1.25 bits per heavy atom. The molecule has 1 aliphatic heterocycles. The van der Waals surface area contributed by atoms with Gasteiger partial charge in [0.25, 0.3) is 0 Å². The SMILES string of the molecule is OCC1(CNCc2csc(COc3ccccc3)n2)CCOCC1. The van der Waals surface area contributed by atoms with Crippen LogP contribution in [-0.2, 0) is 17.9 Å². The number of aliphatic hydroxyl groups is 1. The molecule has 1 aromatic carbocycles. The van der Waals surface area contributed by atoms with Crippen LogP contribution in [0.15, 0.2) is 35.7 Å². The van der Waals surface area contributed by atoms with E-state index in [2.05, 4.69) is 15.7 Å². The first-order chi connectivity index (χ1) is 11.8. The van der Waals surface area contributed by atoms with Crippen molar-refractivity contribution in [2.45, 2.75) is 26.0 Å². The van der Waals surface area contributed by atoms with Crippen molar-refractivity contribution < 1.29 is 14.6 Å². The molecule has 0 atom stereocenters. The molecule has 0 aliphatic carbocycles. The number of nitrogens with one attached hydrogen (secondary N) is 1. The highest BCUT2D eigenvalue weighted by atomic mass is 32.1. The van der Waals surface area contributed by atoms with E-state index in [0.29, 0.717) is 13.2 Å². The number of rotatable bonds is 8. The van der Waals surface area contributed by atoms with Gasteiger partial charge in [0.05, 0.1) is 12.3 Å². The number of benzene rings is 1. The number of aliphatic hydroxyl groups excluding tert-OH is 1. The van der Waals surface area contributed by atoms with E-state index < -0.39 is 0 Å². The molecule has 2 aromatic rings. The fraction of sp³-hybridized carbons (Fsp3) is 0.500. The summed E-state index contributed by atoms with van der Waals surface area (Å²) in [6.45, 7) is 3.67. The Bertz CT molecular complexity index is 612. The summed E-state index contributed by atoms with van der Waals surface area (Å²) < 4.78 is 11.1. The van der Waals surface area contributed by atoms with Crippen molar-refractivity contribution in [2.75, 3.05) is 26.4 Å². The quantitative estimate of drug-likeness (QED) is 0.768. The van der Waals surface area contributed by atoms with E-state index in [1.165, 1.54) is 0 Å². The highest BCUT2D eigenvalue weighted by Crippen LogP contribution is 2.29. The van der Waals surface area contributed by atoms with Gasteiger partial charge in [0.2, 0.25) is 0 Å². The lowest BCUT2D eigenvalue weighted by molar-refractivity contribution is -0.0154. The van der Waals surface area contributed by atoms with E-state index in [1.807, 2.05) is 30.3 Å². The molecule has 0 saturated carbocycles. The Balaban J connectivity index is 1.44. The van der Waals surface area contributed by atoms with Gasteiger partial charge in [-0.2, -0.15) is 0 Å². The van der Waals surface area contributed by atoms with E-state index in [1.54, 1.807) is 11.3 Å². The van der Waals surface area contributed by atoms with Gasteiger partial charge < -0.3 is 19.9 Å². The molecule has 0 bridgehead atoms. The standard InChI is InChI=1S/C18H24N2O3S/c21-14-18(6-8-22-9-7-18)13-19-10-15-12-24-17(20-15)11-23-16-4-2-1-3-5-16/h1-5,12,19,21H,6-11,13-14H2. The number of nitrogens with zero attached hydrogens (tertiary/aromatic N) is 1.